The van der Waals surface area contributed by atoms with Gasteiger partial charge < -0.3 is 5.32 Å². The van der Waals surface area contributed by atoms with Gasteiger partial charge in [-0.3, -0.25) is 0 Å². The van der Waals surface area contributed by atoms with Gasteiger partial charge in [0.25, 0.3) is 0 Å². The third kappa shape index (κ3) is 5.09. The van der Waals surface area contributed by atoms with E-state index in [4.69, 9.17) is 0 Å². The molecule has 96 valence electrons. The lowest BCUT2D eigenvalue weighted by molar-refractivity contribution is 0.615. The van der Waals surface area contributed by atoms with Crippen LogP contribution >= 0.6 is 11.8 Å². The monoisotopic (exact) mass is 255 g/mol. The highest BCUT2D eigenvalue weighted by Crippen LogP contribution is 2.28. The molecule has 0 spiro atoms. The van der Waals surface area contributed by atoms with Crippen molar-refractivity contribution in [3.8, 4) is 0 Å². The minimum Gasteiger partial charge on any atom is -0.313 e. The van der Waals surface area contributed by atoms with Crippen LogP contribution in [-0.2, 0) is 6.54 Å². The van der Waals surface area contributed by atoms with Crippen LogP contribution in [0.1, 0.15) is 39.2 Å². The fraction of sp³-hybridized carbons (Fsp3) is 0.571. The fourth-order valence-corrected chi connectivity index (χ4v) is 2.53. The molecule has 3 heteroatoms. The molecular formula is C14H22FNS. The molecule has 1 N–H and O–H groups in total. The van der Waals surface area contributed by atoms with Crippen molar-refractivity contribution in [3.05, 3.63) is 29.6 Å². The van der Waals surface area contributed by atoms with Gasteiger partial charge in [-0.25, -0.2) is 4.39 Å². The second-order valence-corrected chi connectivity index (χ2v) is 5.75. The molecule has 0 fully saturated rings. The molecule has 1 unspecified atom stereocenters. The molecule has 0 radical (unpaired) electrons. The summed E-state index contributed by atoms with van der Waals surface area (Å²) in [5, 5.41) is 3.90. The molecule has 0 heterocycles. The van der Waals surface area contributed by atoms with Crippen molar-refractivity contribution < 1.29 is 4.39 Å². The van der Waals surface area contributed by atoms with Crippen molar-refractivity contribution in [2.24, 2.45) is 0 Å². The first-order valence-corrected chi connectivity index (χ1v) is 7.21. The third-order valence-electron chi connectivity index (χ3n) is 2.67. The van der Waals surface area contributed by atoms with Gasteiger partial charge in [0.2, 0.25) is 0 Å². The molecule has 1 aromatic rings. The maximum atomic E-state index is 13.2. The molecule has 0 saturated carbocycles. The molecule has 0 aromatic heterocycles. The number of benzene rings is 1. The van der Waals surface area contributed by atoms with E-state index < -0.39 is 0 Å². The average molecular weight is 255 g/mol. The van der Waals surface area contributed by atoms with Gasteiger partial charge in [-0.05, 0) is 43.1 Å². The number of hydrogen-bond donors (Lipinski definition) is 1. The first kappa shape index (κ1) is 14.5. The lowest BCUT2D eigenvalue weighted by Crippen LogP contribution is -2.14. The van der Waals surface area contributed by atoms with Crippen LogP contribution in [0.5, 0.6) is 0 Å². The van der Waals surface area contributed by atoms with E-state index in [1.807, 2.05) is 17.8 Å². The first-order valence-electron chi connectivity index (χ1n) is 6.33. The summed E-state index contributed by atoms with van der Waals surface area (Å²) in [4.78, 5) is 1.20. The van der Waals surface area contributed by atoms with Crippen LogP contribution in [0.15, 0.2) is 23.1 Å². The zero-order valence-electron chi connectivity index (χ0n) is 10.9. The van der Waals surface area contributed by atoms with Crippen LogP contribution in [0.25, 0.3) is 0 Å². The highest BCUT2D eigenvalue weighted by Gasteiger charge is 2.08. The Labute approximate surface area is 108 Å². The van der Waals surface area contributed by atoms with E-state index in [1.54, 1.807) is 12.1 Å². The van der Waals surface area contributed by atoms with Crippen LogP contribution in [-0.4, -0.2) is 11.8 Å². The Hall–Kier alpha value is -0.540. The summed E-state index contributed by atoms with van der Waals surface area (Å²) < 4.78 is 13.2. The summed E-state index contributed by atoms with van der Waals surface area (Å²) in [5.41, 5.74) is 1.07. The van der Waals surface area contributed by atoms with Gasteiger partial charge in [-0.2, -0.15) is 0 Å². The van der Waals surface area contributed by atoms with Crippen LogP contribution in [0.3, 0.4) is 0 Å². The molecule has 17 heavy (non-hydrogen) atoms. The molecule has 1 nitrogen and oxygen atoms in total. The van der Waals surface area contributed by atoms with Gasteiger partial charge in [-0.1, -0.05) is 20.8 Å². The summed E-state index contributed by atoms with van der Waals surface area (Å²) in [6.45, 7) is 8.25. The Balaban J connectivity index is 2.72. The Morgan fingerprint density at radius 1 is 1.35 bits per heavy atom. The van der Waals surface area contributed by atoms with E-state index in [2.05, 4.69) is 26.1 Å². The van der Waals surface area contributed by atoms with E-state index in [9.17, 15) is 4.39 Å². The third-order valence-corrected chi connectivity index (χ3v) is 4.06. The van der Waals surface area contributed by atoms with Crippen LogP contribution in [0.4, 0.5) is 4.39 Å². The van der Waals surface area contributed by atoms with Gasteiger partial charge in [0, 0.05) is 16.7 Å². The van der Waals surface area contributed by atoms with Crippen molar-refractivity contribution in [2.75, 3.05) is 6.54 Å². The van der Waals surface area contributed by atoms with Crippen molar-refractivity contribution in [3.63, 3.8) is 0 Å². The molecule has 0 amide bonds. The van der Waals surface area contributed by atoms with Gasteiger partial charge in [0.15, 0.2) is 0 Å². The summed E-state index contributed by atoms with van der Waals surface area (Å²) >= 11 is 1.83. The second kappa shape index (κ2) is 7.72. The number of halogens is 1. The minimum atomic E-state index is -0.146. The standard InChI is InChI=1S/C14H22FNS/c1-4-8-16-10-12-9-13(15)6-7-14(12)17-11(3)5-2/h6-7,9,11,16H,4-5,8,10H2,1-3H3. The maximum Gasteiger partial charge on any atom is 0.123 e. The smallest absolute Gasteiger partial charge is 0.123 e. The molecule has 0 aliphatic rings. The number of nitrogens with one attached hydrogen (secondary N) is 1. The van der Waals surface area contributed by atoms with Crippen molar-refractivity contribution in [1.29, 1.82) is 0 Å². The van der Waals surface area contributed by atoms with E-state index in [1.165, 1.54) is 4.90 Å². The molecule has 0 aliphatic heterocycles. The number of thioether (sulfide) groups is 1. The zero-order chi connectivity index (χ0) is 12.7. The van der Waals surface area contributed by atoms with Crippen LogP contribution in [0, 0.1) is 5.82 Å². The van der Waals surface area contributed by atoms with Gasteiger partial charge in [0.05, 0.1) is 0 Å². The van der Waals surface area contributed by atoms with Gasteiger partial charge in [-0.15, -0.1) is 11.8 Å². The van der Waals surface area contributed by atoms with Crippen LogP contribution in [0.2, 0.25) is 0 Å². The molecule has 1 rings (SSSR count). The Bertz CT molecular complexity index is 341. The Kier molecular flexibility index (Phi) is 6.60. The Morgan fingerprint density at radius 2 is 2.12 bits per heavy atom. The predicted octanol–water partition coefficient (Wildman–Crippen LogP) is 4.22. The summed E-state index contributed by atoms with van der Waals surface area (Å²) in [7, 11) is 0. The molecule has 0 bridgehead atoms. The SMILES string of the molecule is CCCNCc1cc(F)ccc1SC(C)CC. The van der Waals surface area contributed by atoms with Gasteiger partial charge in [0.1, 0.15) is 5.82 Å². The maximum absolute atomic E-state index is 13.2. The number of hydrogen-bond acceptors (Lipinski definition) is 2. The minimum absolute atomic E-state index is 0.146. The normalized spacial score (nSPS) is 12.7. The van der Waals surface area contributed by atoms with Gasteiger partial charge >= 0.3 is 0 Å². The fourth-order valence-electron chi connectivity index (χ4n) is 1.50. The van der Waals surface area contributed by atoms with E-state index in [-0.39, 0.29) is 5.82 Å². The number of rotatable bonds is 7. The second-order valence-electron chi connectivity index (χ2n) is 4.27. The first-order chi connectivity index (χ1) is 8.17. The largest absolute Gasteiger partial charge is 0.313 e. The van der Waals surface area contributed by atoms with E-state index in [0.29, 0.717) is 5.25 Å². The Morgan fingerprint density at radius 3 is 2.76 bits per heavy atom. The average Bonchev–Trinajstić information content (AvgIpc) is 2.32. The summed E-state index contributed by atoms with van der Waals surface area (Å²) in [6.07, 6.45) is 2.23. The predicted molar refractivity (Wildman–Crippen MR) is 74.0 cm³/mol. The molecular weight excluding hydrogens is 233 g/mol. The highest BCUT2D eigenvalue weighted by atomic mass is 32.2. The van der Waals surface area contributed by atoms with E-state index in [0.717, 1.165) is 31.5 Å². The zero-order valence-corrected chi connectivity index (χ0v) is 11.7. The van der Waals surface area contributed by atoms with Crippen molar-refractivity contribution in [1.82, 2.24) is 5.32 Å². The molecule has 1 atom stereocenters. The van der Waals surface area contributed by atoms with Crippen LogP contribution < -0.4 is 5.32 Å². The lowest BCUT2D eigenvalue weighted by Gasteiger charge is -2.13. The van der Waals surface area contributed by atoms with E-state index >= 15 is 0 Å². The lowest BCUT2D eigenvalue weighted by atomic mass is 10.2. The quantitative estimate of drug-likeness (QED) is 0.578. The summed E-state index contributed by atoms with van der Waals surface area (Å²) in [6, 6.07) is 5.09. The molecule has 0 aliphatic carbocycles. The van der Waals surface area contributed by atoms with Crippen molar-refractivity contribution in [2.45, 2.75) is 50.3 Å². The topological polar surface area (TPSA) is 12.0 Å². The highest BCUT2D eigenvalue weighted by molar-refractivity contribution is 8.00. The van der Waals surface area contributed by atoms with Crippen molar-refractivity contribution >= 4 is 11.8 Å². The molecule has 0 saturated heterocycles. The summed E-state index contributed by atoms with van der Waals surface area (Å²) in [5.74, 6) is -0.146. The molecule has 1 aromatic carbocycles.